The molecule has 1 atom stereocenters. The lowest BCUT2D eigenvalue weighted by Crippen LogP contribution is -3.29. The largest absolute Gasteiger partial charge is 0.391 e. The maximum atomic E-state index is 8.98. The van der Waals surface area contributed by atoms with Crippen LogP contribution in [0.4, 0.5) is 0 Å². The van der Waals surface area contributed by atoms with E-state index in [0.717, 1.165) is 12.6 Å². The van der Waals surface area contributed by atoms with Gasteiger partial charge in [-0.15, -0.1) is 0 Å². The zero-order chi connectivity index (χ0) is 13.5. The number of hydrogen-bond donors (Lipinski definition) is 3. The Balaban J connectivity index is 1.71. The van der Waals surface area contributed by atoms with Crippen LogP contribution < -0.4 is 9.80 Å². The van der Waals surface area contributed by atoms with Gasteiger partial charge in [-0.25, -0.2) is 0 Å². The summed E-state index contributed by atoms with van der Waals surface area (Å²) in [7, 11) is 0. The van der Waals surface area contributed by atoms with Crippen molar-refractivity contribution in [2.45, 2.75) is 25.8 Å². The predicted octanol–water partition coefficient (Wildman–Crippen LogP) is -1.22. The Morgan fingerprint density at radius 3 is 2.42 bits per heavy atom. The summed E-state index contributed by atoms with van der Waals surface area (Å²) in [4.78, 5) is 3.32. The number of quaternary nitrogens is 2. The molecule has 1 aromatic carbocycles. The van der Waals surface area contributed by atoms with E-state index in [1.165, 1.54) is 44.6 Å². The zero-order valence-corrected chi connectivity index (χ0v) is 12.1. The van der Waals surface area contributed by atoms with Crippen molar-refractivity contribution in [1.82, 2.24) is 0 Å². The van der Waals surface area contributed by atoms with Gasteiger partial charge in [0.05, 0.1) is 12.6 Å². The maximum absolute atomic E-state index is 8.98. The molecule has 1 aliphatic heterocycles. The van der Waals surface area contributed by atoms with E-state index in [4.69, 9.17) is 5.11 Å². The van der Waals surface area contributed by atoms with Crippen LogP contribution >= 0.6 is 0 Å². The minimum Gasteiger partial charge on any atom is -0.391 e. The van der Waals surface area contributed by atoms with Crippen LogP contribution in [0.5, 0.6) is 0 Å². The van der Waals surface area contributed by atoms with Gasteiger partial charge in [0.15, 0.2) is 0 Å². The first-order chi connectivity index (χ1) is 9.29. The third-order valence-electron chi connectivity index (χ3n) is 4.47. The quantitative estimate of drug-likeness (QED) is 0.591. The zero-order valence-electron chi connectivity index (χ0n) is 12.1. The number of nitrogens with one attached hydrogen (secondary N) is 2. The molecule has 0 spiro atoms. The number of aliphatic hydroxyl groups is 1. The summed E-state index contributed by atoms with van der Waals surface area (Å²) in [5.41, 5.74) is 1.46. The highest BCUT2D eigenvalue weighted by Gasteiger charge is 2.26. The Labute approximate surface area is 116 Å². The smallest absolute Gasteiger partial charge is 0.127 e. The number of benzene rings is 1. The Hall–Kier alpha value is -0.900. The molecular formula is C16H28N2O+2. The Morgan fingerprint density at radius 1 is 1.11 bits per heavy atom. The van der Waals surface area contributed by atoms with E-state index in [1.807, 2.05) is 0 Å². The van der Waals surface area contributed by atoms with Gasteiger partial charge in [-0.2, -0.15) is 0 Å². The van der Waals surface area contributed by atoms with Crippen LogP contribution in [0.25, 0.3) is 0 Å². The van der Waals surface area contributed by atoms with Crippen molar-refractivity contribution >= 4 is 0 Å². The van der Waals surface area contributed by atoms with Crippen molar-refractivity contribution in [3.05, 3.63) is 35.9 Å². The molecule has 3 N–H and O–H groups in total. The normalized spacial score (nSPS) is 25.2. The van der Waals surface area contributed by atoms with Crippen LogP contribution in [0.2, 0.25) is 0 Å². The minimum absolute atomic E-state index is 0.328. The first kappa shape index (κ1) is 14.5. The molecule has 1 aliphatic rings. The van der Waals surface area contributed by atoms with E-state index in [2.05, 4.69) is 37.3 Å². The molecule has 0 aromatic heterocycles. The van der Waals surface area contributed by atoms with E-state index >= 15 is 0 Å². The van der Waals surface area contributed by atoms with Gasteiger partial charge in [0, 0.05) is 6.42 Å². The summed E-state index contributed by atoms with van der Waals surface area (Å²) < 4.78 is 0. The highest BCUT2D eigenvalue weighted by molar-refractivity contribution is 5.14. The molecule has 3 nitrogen and oxygen atoms in total. The van der Waals surface area contributed by atoms with E-state index in [9.17, 15) is 0 Å². The second kappa shape index (κ2) is 7.63. The summed E-state index contributed by atoms with van der Waals surface area (Å²) in [5, 5.41) is 8.98. The fourth-order valence-electron chi connectivity index (χ4n) is 3.06. The molecule has 3 heteroatoms. The predicted molar refractivity (Wildman–Crippen MR) is 77.6 cm³/mol. The third-order valence-corrected chi connectivity index (χ3v) is 4.47. The third kappa shape index (κ3) is 4.60. The van der Waals surface area contributed by atoms with Crippen molar-refractivity contribution < 1.29 is 14.9 Å². The number of hydrogen-bond acceptors (Lipinski definition) is 1. The molecule has 2 rings (SSSR count). The molecule has 0 aliphatic carbocycles. The maximum Gasteiger partial charge on any atom is 0.127 e. The van der Waals surface area contributed by atoms with Gasteiger partial charge in [0.25, 0.3) is 0 Å². The fraction of sp³-hybridized carbons (Fsp3) is 0.625. The average Bonchev–Trinajstić information content (AvgIpc) is 2.47. The lowest BCUT2D eigenvalue weighted by molar-refractivity contribution is -1.02. The number of aryl methyl sites for hydroxylation is 1. The summed E-state index contributed by atoms with van der Waals surface area (Å²) in [5.74, 6) is 0. The van der Waals surface area contributed by atoms with Gasteiger partial charge >= 0.3 is 0 Å². The first-order valence-corrected chi connectivity index (χ1v) is 7.62. The van der Waals surface area contributed by atoms with Crippen LogP contribution in [0.1, 0.15) is 18.9 Å². The van der Waals surface area contributed by atoms with Crippen molar-refractivity contribution in [3.63, 3.8) is 0 Å². The van der Waals surface area contributed by atoms with E-state index < -0.39 is 0 Å². The first-order valence-electron chi connectivity index (χ1n) is 7.62. The molecule has 0 amide bonds. The average molecular weight is 264 g/mol. The molecule has 19 heavy (non-hydrogen) atoms. The highest BCUT2D eigenvalue weighted by atomic mass is 16.3. The van der Waals surface area contributed by atoms with E-state index in [1.54, 1.807) is 9.80 Å². The van der Waals surface area contributed by atoms with Crippen LogP contribution in [0.15, 0.2) is 30.3 Å². The molecule has 1 saturated heterocycles. The highest BCUT2D eigenvalue weighted by Crippen LogP contribution is 2.03. The summed E-state index contributed by atoms with van der Waals surface area (Å²) in [6, 6.07) is 11.5. The molecule has 0 radical (unpaired) electrons. The van der Waals surface area contributed by atoms with Gasteiger partial charge in [-0.05, 0) is 18.9 Å². The van der Waals surface area contributed by atoms with Gasteiger partial charge in [-0.1, -0.05) is 30.3 Å². The van der Waals surface area contributed by atoms with E-state index in [-0.39, 0.29) is 0 Å². The molecule has 0 unspecified atom stereocenters. The Morgan fingerprint density at radius 2 is 1.79 bits per heavy atom. The van der Waals surface area contributed by atoms with Gasteiger partial charge in [-0.3, -0.25) is 0 Å². The SMILES string of the molecule is C[C@@H](CCc1ccccc1)[NH+]1CC[NH+](CCO)CC1. The van der Waals surface area contributed by atoms with Crippen LogP contribution in [0, 0.1) is 0 Å². The minimum atomic E-state index is 0.328. The Kier molecular flexibility index (Phi) is 5.83. The van der Waals surface area contributed by atoms with Crippen molar-refractivity contribution in [2.24, 2.45) is 0 Å². The summed E-state index contributed by atoms with van der Waals surface area (Å²) in [6.45, 7) is 8.57. The van der Waals surface area contributed by atoms with Gasteiger partial charge in [0.1, 0.15) is 32.7 Å². The number of piperazine rings is 1. The van der Waals surface area contributed by atoms with Crippen LogP contribution in [-0.4, -0.2) is 50.5 Å². The monoisotopic (exact) mass is 264 g/mol. The molecule has 1 fully saturated rings. The van der Waals surface area contributed by atoms with Crippen LogP contribution in [-0.2, 0) is 6.42 Å². The second-order valence-corrected chi connectivity index (χ2v) is 5.81. The molecule has 1 aromatic rings. The molecule has 0 bridgehead atoms. The topological polar surface area (TPSA) is 29.1 Å². The number of aliphatic hydroxyl groups excluding tert-OH is 1. The molecule has 0 saturated carbocycles. The lowest BCUT2D eigenvalue weighted by Gasteiger charge is -2.33. The summed E-state index contributed by atoms with van der Waals surface area (Å²) in [6.07, 6.45) is 2.47. The summed E-state index contributed by atoms with van der Waals surface area (Å²) >= 11 is 0. The fourth-order valence-corrected chi connectivity index (χ4v) is 3.06. The van der Waals surface area contributed by atoms with E-state index in [0.29, 0.717) is 6.61 Å². The van der Waals surface area contributed by atoms with Crippen LogP contribution in [0.3, 0.4) is 0 Å². The Bertz CT molecular complexity index is 347. The molecular weight excluding hydrogens is 236 g/mol. The molecule has 1 heterocycles. The van der Waals surface area contributed by atoms with Gasteiger partial charge < -0.3 is 14.9 Å². The lowest BCUT2D eigenvalue weighted by atomic mass is 10.0. The van der Waals surface area contributed by atoms with Gasteiger partial charge in [0.2, 0.25) is 0 Å². The van der Waals surface area contributed by atoms with Crippen molar-refractivity contribution in [1.29, 1.82) is 0 Å². The van der Waals surface area contributed by atoms with Crippen molar-refractivity contribution in [2.75, 3.05) is 39.3 Å². The number of rotatable bonds is 6. The molecule has 106 valence electrons. The second-order valence-electron chi connectivity index (χ2n) is 5.81. The standard InChI is InChI=1S/C16H26N2O/c1-15(7-8-16-5-3-2-4-6-16)18-11-9-17(10-12-18)13-14-19/h2-6,15,19H,7-14H2,1H3/p+2/t15-/m0/s1. The van der Waals surface area contributed by atoms with Crippen molar-refractivity contribution in [3.8, 4) is 0 Å².